The number of hydrogen-bond donors (Lipinski definition) is 0. The van der Waals surface area contributed by atoms with E-state index in [1.54, 1.807) is 6.08 Å². The first-order valence-corrected chi connectivity index (χ1v) is 5.04. The van der Waals surface area contributed by atoms with Crippen molar-refractivity contribution in [3.63, 3.8) is 0 Å². The molecule has 0 saturated carbocycles. The quantitative estimate of drug-likeness (QED) is 0.713. The summed E-state index contributed by atoms with van der Waals surface area (Å²) in [5, 5.41) is 0.791. The minimum atomic E-state index is -0.522. The lowest BCUT2D eigenvalue weighted by molar-refractivity contribution is 0.578. The molecule has 0 aliphatic carbocycles. The highest BCUT2D eigenvalue weighted by Gasteiger charge is 2.03. The maximum Gasteiger partial charge on any atom is 0.133 e. The SMILES string of the molecule is Fc1cccc(F)c1C=CCCBr. The zero-order chi connectivity index (χ0) is 9.68. The molecule has 0 nitrogen and oxygen atoms in total. The largest absolute Gasteiger partial charge is 0.206 e. The van der Waals surface area contributed by atoms with Gasteiger partial charge in [-0.15, -0.1) is 0 Å². The fourth-order valence-electron chi connectivity index (χ4n) is 0.934. The third-order valence-electron chi connectivity index (χ3n) is 1.56. The molecule has 0 unspecified atom stereocenters. The van der Waals surface area contributed by atoms with Crippen molar-refractivity contribution >= 4 is 22.0 Å². The Bertz CT molecular complexity index is 288. The normalized spacial score (nSPS) is 11.0. The molecular weight excluding hydrogens is 238 g/mol. The van der Waals surface area contributed by atoms with Gasteiger partial charge in [-0.2, -0.15) is 0 Å². The van der Waals surface area contributed by atoms with Gasteiger partial charge in [0.15, 0.2) is 0 Å². The predicted molar refractivity (Wildman–Crippen MR) is 53.8 cm³/mol. The lowest BCUT2D eigenvalue weighted by Gasteiger charge is -1.97. The Morgan fingerprint density at radius 1 is 1.23 bits per heavy atom. The Morgan fingerprint density at radius 3 is 2.38 bits per heavy atom. The average molecular weight is 247 g/mol. The Labute approximate surface area is 84.4 Å². The van der Waals surface area contributed by atoms with Gasteiger partial charge in [-0.25, -0.2) is 8.78 Å². The van der Waals surface area contributed by atoms with Crippen molar-refractivity contribution in [1.29, 1.82) is 0 Å². The van der Waals surface area contributed by atoms with Crippen LogP contribution in [0.2, 0.25) is 0 Å². The van der Waals surface area contributed by atoms with E-state index in [0.29, 0.717) is 0 Å². The molecule has 70 valence electrons. The van der Waals surface area contributed by atoms with E-state index in [0.717, 1.165) is 11.8 Å². The van der Waals surface area contributed by atoms with Crippen LogP contribution in [-0.4, -0.2) is 5.33 Å². The zero-order valence-corrected chi connectivity index (χ0v) is 8.52. The molecule has 0 amide bonds. The Hall–Kier alpha value is -0.700. The van der Waals surface area contributed by atoms with Crippen molar-refractivity contribution in [2.45, 2.75) is 6.42 Å². The fraction of sp³-hybridized carbons (Fsp3) is 0.200. The van der Waals surface area contributed by atoms with Crippen LogP contribution in [0.3, 0.4) is 0 Å². The van der Waals surface area contributed by atoms with Crippen molar-refractivity contribution < 1.29 is 8.78 Å². The van der Waals surface area contributed by atoms with Crippen LogP contribution < -0.4 is 0 Å². The lowest BCUT2D eigenvalue weighted by atomic mass is 10.2. The highest BCUT2D eigenvalue weighted by molar-refractivity contribution is 9.09. The summed E-state index contributed by atoms with van der Waals surface area (Å²) in [4.78, 5) is 0. The molecule has 0 aliphatic heterocycles. The van der Waals surface area contributed by atoms with Crippen LogP contribution in [0, 0.1) is 11.6 Å². The standard InChI is InChI=1S/C10H9BrF2/c11-7-2-1-4-8-9(12)5-3-6-10(8)13/h1,3-6H,2,7H2. The molecule has 0 saturated heterocycles. The van der Waals surface area contributed by atoms with Gasteiger partial charge in [-0.1, -0.05) is 34.1 Å². The van der Waals surface area contributed by atoms with Crippen LogP contribution in [-0.2, 0) is 0 Å². The van der Waals surface area contributed by atoms with Gasteiger partial charge >= 0.3 is 0 Å². The number of alkyl halides is 1. The van der Waals surface area contributed by atoms with Crippen LogP contribution in [0.5, 0.6) is 0 Å². The molecule has 0 fully saturated rings. The maximum absolute atomic E-state index is 13.0. The van der Waals surface area contributed by atoms with Crippen molar-refractivity contribution in [3.05, 3.63) is 41.5 Å². The van der Waals surface area contributed by atoms with Crippen molar-refractivity contribution in [2.75, 3.05) is 5.33 Å². The van der Waals surface area contributed by atoms with E-state index in [2.05, 4.69) is 15.9 Å². The van der Waals surface area contributed by atoms with Gasteiger partial charge in [0.2, 0.25) is 0 Å². The molecule has 0 heterocycles. The summed E-state index contributed by atoms with van der Waals surface area (Å²) in [7, 11) is 0. The number of halogens is 3. The molecular formula is C10H9BrF2. The summed E-state index contributed by atoms with van der Waals surface area (Å²) >= 11 is 3.22. The summed E-state index contributed by atoms with van der Waals surface area (Å²) in [5.41, 5.74) is 0.0310. The second kappa shape index (κ2) is 5.12. The van der Waals surface area contributed by atoms with Gasteiger partial charge < -0.3 is 0 Å². The summed E-state index contributed by atoms with van der Waals surface area (Å²) in [6.45, 7) is 0. The van der Waals surface area contributed by atoms with E-state index < -0.39 is 11.6 Å². The van der Waals surface area contributed by atoms with Gasteiger partial charge in [-0.05, 0) is 18.6 Å². The summed E-state index contributed by atoms with van der Waals surface area (Å²) in [5.74, 6) is -1.04. The lowest BCUT2D eigenvalue weighted by Crippen LogP contribution is -1.86. The zero-order valence-electron chi connectivity index (χ0n) is 6.93. The van der Waals surface area contributed by atoms with E-state index in [9.17, 15) is 8.78 Å². The number of hydrogen-bond acceptors (Lipinski definition) is 0. The van der Waals surface area contributed by atoms with Crippen LogP contribution in [0.15, 0.2) is 24.3 Å². The Balaban J connectivity index is 2.87. The molecule has 0 atom stereocenters. The van der Waals surface area contributed by atoms with Gasteiger partial charge in [-0.3, -0.25) is 0 Å². The average Bonchev–Trinajstić information content (AvgIpc) is 2.10. The highest BCUT2D eigenvalue weighted by Crippen LogP contribution is 2.13. The minimum Gasteiger partial charge on any atom is -0.206 e. The molecule has 1 rings (SSSR count). The van der Waals surface area contributed by atoms with Crippen molar-refractivity contribution in [2.24, 2.45) is 0 Å². The second-order valence-electron chi connectivity index (χ2n) is 2.52. The van der Waals surface area contributed by atoms with Crippen LogP contribution >= 0.6 is 15.9 Å². The van der Waals surface area contributed by atoms with Crippen LogP contribution in [0.25, 0.3) is 6.08 Å². The number of allylic oxidation sites excluding steroid dienone is 1. The fourth-order valence-corrected chi connectivity index (χ4v) is 1.20. The van der Waals surface area contributed by atoms with Gasteiger partial charge in [0.05, 0.1) is 0 Å². The van der Waals surface area contributed by atoms with E-state index in [1.807, 2.05) is 0 Å². The van der Waals surface area contributed by atoms with Gasteiger partial charge in [0.1, 0.15) is 11.6 Å². The van der Waals surface area contributed by atoms with E-state index in [4.69, 9.17) is 0 Å². The predicted octanol–water partition coefficient (Wildman–Crippen LogP) is 3.76. The van der Waals surface area contributed by atoms with E-state index in [-0.39, 0.29) is 5.56 Å². The maximum atomic E-state index is 13.0. The molecule has 0 N–H and O–H groups in total. The monoisotopic (exact) mass is 246 g/mol. The molecule has 0 spiro atoms. The number of benzene rings is 1. The molecule has 0 aromatic heterocycles. The second-order valence-corrected chi connectivity index (χ2v) is 3.31. The molecule has 1 aromatic rings. The Kier molecular flexibility index (Phi) is 4.09. The molecule has 0 bridgehead atoms. The van der Waals surface area contributed by atoms with Crippen molar-refractivity contribution in [1.82, 2.24) is 0 Å². The number of rotatable bonds is 3. The van der Waals surface area contributed by atoms with Crippen molar-refractivity contribution in [3.8, 4) is 0 Å². The minimum absolute atomic E-state index is 0.0310. The summed E-state index contributed by atoms with van der Waals surface area (Å²) < 4.78 is 25.9. The molecule has 3 heteroatoms. The van der Waals surface area contributed by atoms with E-state index in [1.165, 1.54) is 24.3 Å². The third-order valence-corrected chi connectivity index (χ3v) is 2.02. The highest BCUT2D eigenvalue weighted by atomic mass is 79.9. The van der Waals surface area contributed by atoms with E-state index >= 15 is 0 Å². The summed E-state index contributed by atoms with van der Waals surface area (Å²) in [6.07, 6.45) is 3.95. The first-order valence-electron chi connectivity index (χ1n) is 3.92. The first-order chi connectivity index (χ1) is 6.25. The van der Waals surface area contributed by atoms with Gasteiger partial charge in [0, 0.05) is 10.9 Å². The van der Waals surface area contributed by atoms with Crippen LogP contribution in [0.4, 0.5) is 8.78 Å². The van der Waals surface area contributed by atoms with Gasteiger partial charge in [0.25, 0.3) is 0 Å². The molecule has 0 radical (unpaired) electrons. The first kappa shape index (κ1) is 10.4. The smallest absolute Gasteiger partial charge is 0.133 e. The topological polar surface area (TPSA) is 0 Å². The molecule has 13 heavy (non-hydrogen) atoms. The Morgan fingerprint density at radius 2 is 1.85 bits per heavy atom. The summed E-state index contributed by atoms with van der Waals surface area (Å²) in [6, 6.07) is 3.85. The molecule has 0 aliphatic rings. The third kappa shape index (κ3) is 2.92. The van der Waals surface area contributed by atoms with Crippen LogP contribution in [0.1, 0.15) is 12.0 Å². The molecule has 1 aromatic carbocycles.